The second-order valence-corrected chi connectivity index (χ2v) is 8.40. The number of nitrogens with one attached hydrogen (secondary N) is 1. The second kappa shape index (κ2) is 10.9. The van der Waals surface area contributed by atoms with Gasteiger partial charge in [0.05, 0.1) is 33.9 Å². The number of carbonyl (C=O) groups is 1. The van der Waals surface area contributed by atoms with E-state index >= 15 is 0 Å². The van der Waals surface area contributed by atoms with Gasteiger partial charge in [-0.25, -0.2) is 0 Å². The lowest BCUT2D eigenvalue weighted by Crippen LogP contribution is -2.34. The predicted molar refractivity (Wildman–Crippen MR) is 132 cm³/mol. The number of hydrogen-bond donors (Lipinski definition) is 1. The lowest BCUT2D eigenvalue weighted by Gasteiger charge is -2.34. The Balaban J connectivity index is 1.93. The van der Waals surface area contributed by atoms with Crippen molar-refractivity contribution in [2.45, 2.75) is 26.2 Å². The van der Waals surface area contributed by atoms with Gasteiger partial charge in [-0.15, -0.1) is 0 Å². The second-order valence-electron chi connectivity index (χ2n) is 8.40. The fourth-order valence-corrected chi connectivity index (χ4v) is 4.79. The van der Waals surface area contributed by atoms with Crippen LogP contribution >= 0.6 is 0 Å². The molecule has 0 unspecified atom stereocenters. The standard InChI is InChI=1S/C27H33NO7/c1-6-8-28-14-18-9-16-10-20-21(35-15-34-20)13-19(16)24(25(18)27(29)33-7-2)17-11-22(30-3)26(32-5)23(12-17)31-4/h9-13,24-25,28H,6-8,14-15H2,1-5H3/t24-,25-/m1/s1. The predicted octanol–water partition coefficient (Wildman–Crippen LogP) is 4.15. The van der Waals surface area contributed by atoms with Crippen LogP contribution in [0.1, 0.15) is 42.9 Å². The van der Waals surface area contributed by atoms with Gasteiger partial charge in [-0.05, 0) is 66.4 Å². The van der Waals surface area contributed by atoms with Crippen LogP contribution in [0, 0.1) is 5.92 Å². The summed E-state index contributed by atoms with van der Waals surface area (Å²) < 4.78 is 33.7. The Bertz CT molecular complexity index is 1090. The quantitative estimate of drug-likeness (QED) is 0.399. The van der Waals surface area contributed by atoms with Crippen LogP contribution in [-0.4, -0.2) is 53.8 Å². The monoisotopic (exact) mass is 483 g/mol. The fourth-order valence-electron chi connectivity index (χ4n) is 4.79. The number of benzene rings is 2. The molecule has 0 saturated heterocycles. The summed E-state index contributed by atoms with van der Waals surface area (Å²) in [5, 5.41) is 3.45. The third-order valence-electron chi connectivity index (χ3n) is 6.33. The number of esters is 1. The van der Waals surface area contributed by atoms with Crippen LogP contribution in [0.25, 0.3) is 6.08 Å². The van der Waals surface area contributed by atoms with Gasteiger partial charge in [0.25, 0.3) is 0 Å². The van der Waals surface area contributed by atoms with E-state index in [0.717, 1.165) is 35.2 Å². The van der Waals surface area contributed by atoms with Gasteiger partial charge in [0.2, 0.25) is 12.5 Å². The SMILES string of the molecule is CCCNCC1=Cc2cc3c(cc2[C@@H](c2cc(OC)c(OC)c(OC)c2)[C@@H]1C(=O)OCC)OCO3. The summed E-state index contributed by atoms with van der Waals surface area (Å²) in [6.07, 6.45) is 3.05. The molecule has 0 spiro atoms. The highest BCUT2D eigenvalue weighted by molar-refractivity contribution is 5.84. The maximum atomic E-state index is 13.5. The molecule has 35 heavy (non-hydrogen) atoms. The molecule has 8 nitrogen and oxygen atoms in total. The Morgan fingerprint density at radius 1 is 1.00 bits per heavy atom. The molecule has 2 aliphatic rings. The maximum Gasteiger partial charge on any atom is 0.314 e. The number of hydrogen-bond acceptors (Lipinski definition) is 8. The summed E-state index contributed by atoms with van der Waals surface area (Å²) in [6.45, 7) is 5.80. The molecule has 1 aliphatic heterocycles. The summed E-state index contributed by atoms with van der Waals surface area (Å²) in [5.41, 5.74) is 3.71. The molecule has 2 aromatic carbocycles. The molecule has 1 heterocycles. The van der Waals surface area contributed by atoms with Gasteiger partial charge in [-0.2, -0.15) is 0 Å². The van der Waals surface area contributed by atoms with Crippen molar-refractivity contribution in [2.24, 2.45) is 5.92 Å². The number of rotatable bonds is 10. The molecule has 0 saturated carbocycles. The number of ether oxygens (including phenoxy) is 6. The van der Waals surface area contributed by atoms with E-state index in [4.69, 9.17) is 28.4 Å². The van der Waals surface area contributed by atoms with Gasteiger partial charge in [-0.3, -0.25) is 4.79 Å². The van der Waals surface area contributed by atoms with Gasteiger partial charge < -0.3 is 33.7 Å². The first-order valence-electron chi connectivity index (χ1n) is 11.9. The topological polar surface area (TPSA) is 84.5 Å². The van der Waals surface area contributed by atoms with E-state index in [-0.39, 0.29) is 18.7 Å². The van der Waals surface area contributed by atoms with Crippen LogP contribution in [0.2, 0.25) is 0 Å². The summed E-state index contributed by atoms with van der Waals surface area (Å²) in [7, 11) is 4.73. The normalized spacial score (nSPS) is 17.9. The summed E-state index contributed by atoms with van der Waals surface area (Å²) in [6, 6.07) is 7.73. The lowest BCUT2D eigenvalue weighted by molar-refractivity contribution is -0.147. The Hall–Kier alpha value is -3.39. The zero-order valence-corrected chi connectivity index (χ0v) is 20.9. The maximum absolute atomic E-state index is 13.5. The third-order valence-corrected chi connectivity index (χ3v) is 6.33. The van der Waals surface area contributed by atoms with Crippen molar-refractivity contribution in [3.8, 4) is 28.7 Å². The molecule has 1 N–H and O–H groups in total. The molecule has 1 aliphatic carbocycles. The van der Waals surface area contributed by atoms with Crippen molar-refractivity contribution in [3.63, 3.8) is 0 Å². The van der Waals surface area contributed by atoms with E-state index in [1.807, 2.05) is 31.2 Å². The first-order chi connectivity index (χ1) is 17.1. The van der Waals surface area contributed by atoms with Crippen molar-refractivity contribution < 1.29 is 33.2 Å². The van der Waals surface area contributed by atoms with Gasteiger partial charge >= 0.3 is 5.97 Å². The Morgan fingerprint density at radius 3 is 2.29 bits per heavy atom. The third kappa shape index (κ3) is 4.75. The number of fused-ring (bicyclic) bond motifs is 2. The molecule has 2 atom stereocenters. The van der Waals surface area contributed by atoms with Gasteiger partial charge in [-0.1, -0.05) is 13.0 Å². The summed E-state index contributed by atoms with van der Waals surface area (Å²) in [5.74, 6) is 1.70. The van der Waals surface area contributed by atoms with Crippen LogP contribution in [0.3, 0.4) is 0 Å². The summed E-state index contributed by atoms with van der Waals surface area (Å²) in [4.78, 5) is 13.5. The fraction of sp³-hybridized carbons (Fsp3) is 0.444. The zero-order chi connectivity index (χ0) is 24.9. The molecule has 188 valence electrons. The van der Waals surface area contributed by atoms with Crippen molar-refractivity contribution in [2.75, 3.05) is 47.8 Å². The Kier molecular flexibility index (Phi) is 7.70. The van der Waals surface area contributed by atoms with Gasteiger partial charge in [0.1, 0.15) is 0 Å². The first-order valence-corrected chi connectivity index (χ1v) is 11.9. The van der Waals surface area contributed by atoms with Crippen molar-refractivity contribution in [1.29, 1.82) is 0 Å². The van der Waals surface area contributed by atoms with Crippen LogP contribution in [0.15, 0.2) is 29.8 Å². The molecule has 2 aromatic rings. The van der Waals surface area contributed by atoms with Crippen molar-refractivity contribution in [3.05, 3.63) is 46.5 Å². The van der Waals surface area contributed by atoms with Gasteiger partial charge in [0.15, 0.2) is 23.0 Å². The van der Waals surface area contributed by atoms with Crippen LogP contribution in [-0.2, 0) is 9.53 Å². The van der Waals surface area contributed by atoms with Crippen molar-refractivity contribution >= 4 is 12.0 Å². The van der Waals surface area contributed by atoms with E-state index in [1.54, 1.807) is 21.3 Å². The van der Waals surface area contributed by atoms with E-state index in [2.05, 4.69) is 18.3 Å². The Labute approximate surface area is 206 Å². The average Bonchev–Trinajstić information content (AvgIpc) is 3.33. The molecule has 8 heteroatoms. The van der Waals surface area contributed by atoms with Crippen LogP contribution in [0.5, 0.6) is 28.7 Å². The van der Waals surface area contributed by atoms with Crippen molar-refractivity contribution in [1.82, 2.24) is 5.32 Å². The minimum Gasteiger partial charge on any atom is -0.493 e. The van der Waals surface area contributed by atoms with E-state index in [0.29, 0.717) is 41.9 Å². The first kappa shape index (κ1) is 24.7. The molecule has 0 aromatic heterocycles. The molecular weight excluding hydrogens is 450 g/mol. The highest BCUT2D eigenvalue weighted by Crippen LogP contribution is 2.50. The van der Waals surface area contributed by atoms with E-state index in [9.17, 15) is 4.79 Å². The molecule has 0 fully saturated rings. The van der Waals surface area contributed by atoms with E-state index < -0.39 is 5.92 Å². The zero-order valence-electron chi connectivity index (χ0n) is 20.9. The van der Waals surface area contributed by atoms with E-state index in [1.165, 1.54) is 0 Å². The molecule has 0 radical (unpaired) electrons. The minimum atomic E-state index is -0.546. The molecular formula is C27H33NO7. The minimum absolute atomic E-state index is 0.170. The highest BCUT2D eigenvalue weighted by atomic mass is 16.7. The molecule has 4 rings (SSSR count). The molecule has 0 bridgehead atoms. The smallest absolute Gasteiger partial charge is 0.314 e. The number of methoxy groups -OCH3 is 3. The van der Waals surface area contributed by atoms with Crippen LogP contribution in [0.4, 0.5) is 0 Å². The lowest BCUT2D eigenvalue weighted by atomic mass is 9.71. The largest absolute Gasteiger partial charge is 0.493 e. The van der Waals surface area contributed by atoms with Crippen LogP contribution < -0.4 is 29.0 Å². The van der Waals surface area contributed by atoms with Gasteiger partial charge in [0, 0.05) is 12.5 Å². The number of carbonyl (C=O) groups excluding carboxylic acids is 1. The highest BCUT2D eigenvalue weighted by Gasteiger charge is 2.40. The molecule has 0 amide bonds. The Morgan fingerprint density at radius 2 is 1.69 bits per heavy atom. The average molecular weight is 484 g/mol. The summed E-state index contributed by atoms with van der Waals surface area (Å²) >= 11 is 0.